The van der Waals surface area contributed by atoms with Crippen molar-refractivity contribution in [2.45, 2.75) is 25.8 Å². The summed E-state index contributed by atoms with van der Waals surface area (Å²) in [5.41, 5.74) is 1.24. The van der Waals surface area contributed by atoms with Gasteiger partial charge in [0.15, 0.2) is 0 Å². The van der Waals surface area contributed by atoms with Crippen molar-refractivity contribution < 1.29 is 9.84 Å². The molecule has 0 saturated carbocycles. The fraction of sp³-hybridized carbons (Fsp3) is 0.571. The Labute approximate surface area is 103 Å². The lowest BCUT2D eigenvalue weighted by molar-refractivity contribution is 0.184. The molecule has 0 aromatic heterocycles. The van der Waals surface area contributed by atoms with Crippen LogP contribution in [0.4, 0.5) is 0 Å². The van der Waals surface area contributed by atoms with Crippen LogP contribution >= 0.6 is 0 Å². The molecule has 2 N–H and O–H groups in total. The van der Waals surface area contributed by atoms with Gasteiger partial charge in [0, 0.05) is 19.2 Å². The van der Waals surface area contributed by atoms with E-state index in [0.29, 0.717) is 17.7 Å². The van der Waals surface area contributed by atoms with Crippen LogP contribution in [0.3, 0.4) is 0 Å². The molecule has 1 aliphatic heterocycles. The summed E-state index contributed by atoms with van der Waals surface area (Å²) in [5, 5.41) is 12.9. The number of benzene rings is 1. The SMILES string of the molecule is CCC(NCC1CCOC1)c1ccc(O)cc1. The second-order valence-corrected chi connectivity index (χ2v) is 4.69. The first-order valence-electron chi connectivity index (χ1n) is 6.39. The number of hydrogen-bond donors (Lipinski definition) is 2. The molecular weight excluding hydrogens is 214 g/mol. The molecule has 1 saturated heterocycles. The van der Waals surface area contributed by atoms with Gasteiger partial charge in [0.1, 0.15) is 5.75 Å². The molecule has 0 bridgehead atoms. The Morgan fingerprint density at radius 3 is 2.76 bits per heavy atom. The highest BCUT2D eigenvalue weighted by atomic mass is 16.5. The highest BCUT2D eigenvalue weighted by molar-refractivity contribution is 5.27. The second-order valence-electron chi connectivity index (χ2n) is 4.69. The number of aromatic hydroxyl groups is 1. The minimum absolute atomic E-state index is 0.327. The summed E-state index contributed by atoms with van der Waals surface area (Å²) >= 11 is 0. The molecule has 2 atom stereocenters. The first kappa shape index (κ1) is 12.4. The van der Waals surface area contributed by atoms with Crippen LogP contribution in [0.1, 0.15) is 31.4 Å². The molecule has 1 aromatic rings. The van der Waals surface area contributed by atoms with E-state index in [1.165, 1.54) is 12.0 Å². The Balaban J connectivity index is 1.89. The minimum atomic E-state index is 0.327. The zero-order valence-corrected chi connectivity index (χ0v) is 10.4. The summed E-state index contributed by atoms with van der Waals surface area (Å²) in [7, 11) is 0. The van der Waals surface area contributed by atoms with Gasteiger partial charge in [-0.3, -0.25) is 0 Å². The van der Waals surface area contributed by atoms with Crippen LogP contribution in [0.15, 0.2) is 24.3 Å². The van der Waals surface area contributed by atoms with Gasteiger partial charge in [0.05, 0.1) is 6.61 Å². The van der Waals surface area contributed by atoms with E-state index in [1.54, 1.807) is 12.1 Å². The van der Waals surface area contributed by atoms with E-state index >= 15 is 0 Å². The Hall–Kier alpha value is -1.06. The molecule has 0 aliphatic carbocycles. The lowest BCUT2D eigenvalue weighted by Crippen LogP contribution is -2.27. The van der Waals surface area contributed by atoms with Gasteiger partial charge in [-0.15, -0.1) is 0 Å². The van der Waals surface area contributed by atoms with E-state index in [1.807, 2.05) is 12.1 Å². The van der Waals surface area contributed by atoms with Crippen LogP contribution in [0.2, 0.25) is 0 Å². The molecule has 1 aromatic carbocycles. The van der Waals surface area contributed by atoms with Crippen molar-refractivity contribution in [2.75, 3.05) is 19.8 Å². The standard InChI is InChI=1S/C14H21NO2/c1-2-14(12-3-5-13(16)6-4-12)15-9-11-7-8-17-10-11/h3-6,11,14-16H,2,7-10H2,1H3. The van der Waals surface area contributed by atoms with E-state index in [4.69, 9.17) is 4.74 Å². The molecule has 2 unspecified atom stereocenters. The van der Waals surface area contributed by atoms with Gasteiger partial charge in [-0.25, -0.2) is 0 Å². The quantitative estimate of drug-likeness (QED) is 0.823. The monoisotopic (exact) mass is 235 g/mol. The van der Waals surface area contributed by atoms with Crippen molar-refractivity contribution in [1.82, 2.24) is 5.32 Å². The van der Waals surface area contributed by atoms with Gasteiger partial charge < -0.3 is 15.2 Å². The zero-order valence-electron chi connectivity index (χ0n) is 10.4. The summed E-state index contributed by atoms with van der Waals surface area (Å²) in [6.45, 7) is 4.98. The van der Waals surface area contributed by atoms with Crippen LogP contribution in [0.25, 0.3) is 0 Å². The normalized spacial score (nSPS) is 21.6. The number of phenols is 1. The van der Waals surface area contributed by atoms with Crippen molar-refractivity contribution in [3.8, 4) is 5.75 Å². The maximum Gasteiger partial charge on any atom is 0.115 e. The Morgan fingerprint density at radius 1 is 1.41 bits per heavy atom. The maximum atomic E-state index is 9.28. The van der Waals surface area contributed by atoms with Crippen molar-refractivity contribution in [1.29, 1.82) is 0 Å². The maximum absolute atomic E-state index is 9.28. The molecule has 94 valence electrons. The van der Waals surface area contributed by atoms with Crippen LogP contribution in [0.5, 0.6) is 5.75 Å². The van der Waals surface area contributed by atoms with Gasteiger partial charge in [0.2, 0.25) is 0 Å². The van der Waals surface area contributed by atoms with Gasteiger partial charge in [0.25, 0.3) is 0 Å². The fourth-order valence-corrected chi connectivity index (χ4v) is 2.26. The van der Waals surface area contributed by atoms with E-state index in [0.717, 1.165) is 26.2 Å². The lowest BCUT2D eigenvalue weighted by Gasteiger charge is -2.19. The molecule has 1 heterocycles. The number of ether oxygens (including phenoxy) is 1. The minimum Gasteiger partial charge on any atom is -0.508 e. The van der Waals surface area contributed by atoms with E-state index < -0.39 is 0 Å². The average Bonchev–Trinajstić information content (AvgIpc) is 2.85. The number of hydrogen-bond acceptors (Lipinski definition) is 3. The van der Waals surface area contributed by atoms with Crippen LogP contribution < -0.4 is 5.32 Å². The van der Waals surface area contributed by atoms with Crippen molar-refractivity contribution >= 4 is 0 Å². The van der Waals surface area contributed by atoms with Gasteiger partial charge in [-0.1, -0.05) is 19.1 Å². The summed E-state index contributed by atoms with van der Waals surface area (Å²) in [5.74, 6) is 0.981. The molecule has 0 amide bonds. The van der Waals surface area contributed by atoms with Crippen molar-refractivity contribution in [3.63, 3.8) is 0 Å². The molecule has 1 aliphatic rings. The largest absolute Gasteiger partial charge is 0.508 e. The molecule has 2 rings (SSSR count). The second kappa shape index (κ2) is 6.03. The number of rotatable bonds is 5. The Bertz CT molecular complexity index is 331. The summed E-state index contributed by atoms with van der Waals surface area (Å²) in [6.07, 6.45) is 2.22. The van der Waals surface area contributed by atoms with Crippen LogP contribution in [-0.4, -0.2) is 24.9 Å². The number of phenolic OH excluding ortho intramolecular Hbond substituents is 1. The van der Waals surface area contributed by atoms with Crippen LogP contribution in [-0.2, 0) is 4.74 Å². The summed E-state index contributed by atoms with van der Waals surface area (Å²) < 4.78 is 5.37. The van der Waals surface area contributed by atoms with E-state index in [2.05, 4.69) is 12.2 Å². The topological polar surface area (TPSA) is 41.5 Å². The van der Waals surface area contributed by atoms with E-state index in [-0.39, 0.29) is 0 Å². The zero-order chi connectivity index (χ0) is 12.1. The molecular formula is C14H21NO2. The molecule has 1 fully saturated rings. The third-order valence-corrected chi connectivity index (χ3v) is 3.38. The third kappa shape index (κ3) is 3.45. The van der Waals surface area contributed by atoms with Gasteiger partial charge >= 0.3 is 0 Å². The first-order valence-corrected chi connectivity index (χ1v) is 6.39. The lowest BCUT2D eigenvalue weighted by atomic mass is 10.0. The molecule has 0 radical (unpaired) electrons. The summed E-state index contributed by atoms with van der Waals surface area (Å²) in [4.78, 5) is 0. The molecule has 17 heavy (non-hydrogen) atoms. The Morgan fingerprint density at radius 2 is 2.18 bits per heavy atom. The fourth-order valence-electron chi connectivity index (χ4n) is 2.26. The smallest absolute Gasteiger partial charge is 0.115 e. The highest BCUT2D eigenvalue weighted by Crippen LogP contribution is 2.20. The molecule has 0 spiro atoms. The highest BCUT2D eigenvalue weighted by Gasteiger charge is 2.17. The predicted molar refractivity (Wildman–Crippen MR) is 68.1 cm³/mol. The Kier molecular flexibility index (Phi) is 4.40. The van der Waals surface area contributed by atoms with Crippen LogP contribution in [0, 0.1) is 5.92 Å². The van der Waals surface area contributed by atoms with Gasteiger partial charge in [-0.05, 0) is 36.5 Å². The van der Waals surface area contributed by atoms with Gasteiger partial charge in [-0.2, -0.15) is 0 Å². The van der Waals surface area contributed by atoms with E-state index in [9.17, 15) is 5.11 Å². The average molecular weight is 235 g/mol. The number of nitrogens with one attached hydrogen (secondary N) is 1. The third-order valence-electron chi connectivity index (χ3n) is 3.38. The molecule has 3 heteroatoms. The first-order chi connectivity index (χ1) is 8.29. The summed E-state index contributed by atoms with van der Waals surface area (Å²) in [6, 6.07) is 7.84. The van der Waals surface area contributed by atoms with Crippen molar-refractivity contribution in [2.24, 2.45) is 5.92 Å². The molecule has 3 nitrogen and oxygen atoms in total. The van der Waals surface area contributed by atoms with Crippen molar-refractivity contribution in [3.05, 3.63) is 29.8 Å². The predicted octanol–water partition coefficient (Wildman–Crippen LogP) is 2.47.